The molecule has 10 heteroatoms. The molecule has 0 unspecified atom stereocenters. The Morgan fingerprint density at radius 1 is 1.23 bits per heavy atom. The van der Waals surface area contributed by atoms with Crippen LogP contribution in [-0.4, -0.2) is 44.9 Å². The Bertz CT molecular complexity index is 1340. The first-order valence-electron chi connectivity index (χ1n) is 11.0. The van der Waals surface area contributed by atoms with Gasteiger partial charge in [-0.15, -0.1) is 5.10 Å². The van der Waals surface area contributed by atoms with E-state index in [1.165, 1.54) is 0 Å². The molecule has 0 radical (unpaired) electrons. The fourth-order valence-corrected chi connectivity index (χ4v) is 4.48. The summed E-state index contributed by atoms with van der Waals surface area (Å²) in [5.41, 5.74) is 7.11. The first-order valence-corrected chi connectivity index (χ1v) is 12.6. The Labute approximate surface area is 206 Å². The number of ether oxygens (including phenoxy) is 1. The molecule has 1 aliphatic heterocycles. The normalized spacial score (nSPS) is 15.4. The fraction of sp³-hybridized carbons (Fsp3) is 0.280. The zero-order valence-corrected chi connectivity index (χ0v) is 21.3. The van der Waals surface area contributed by atoms with Gasteiger partial charge in [0.15, 0.2) is 21.4 Å². The predicted molar refractivity (Wildman–Crippen MR) is 140 cm³/mol. The Hall–Kier alpha value is -3.63. The Kier molecular flexibility index (Phi) is 7.98. The molecule has 1 heterocycles. The molecule has 0 aromatic heterocycles. The number of amidine groups is 1. The second kappa shape index (κ2) is 10.7. The second-order valence-corrected chi connectivity index (χ2v) is 10.8. The summed E-state index contributed by atoms with van der Waals surface area (Å²) in [6.07, 6.45) is 0. The van der Waals surface area contributed by atoms with Crippen LogP contribution < -0.4 is 10.7 Å². The van der Waals surface area contributed by atoms with Gasteiger partial charge >= 0.3 is 0 Å². The molecule has 0 saturated carbocycles. The van der Waals surface area contributed by atoms with Gasteiger partial charge in [-0.2, -0.15) is 0 Å². The second-order valence-electron chi connectivity index (χ2n) is 8.31. The number of nitrogens with zero attached hydrogens (tertiary/aromatic N) is 3. The lowest BCUT2D eigenvalue weighted by atomic mass is 10.0. The van der Waals surface area contributed by atoms with E-state index >= 15 is 0 Å². The minimum absolute atomic E-state index is 0.125. The van der Waals surface area contributed by atoms with E-state index in [2.05, 4.69) is 38.6 Å². The van der Waals surface area contributed by atoms with E-state index in [4.69, 9.17) is 10.1 Å². The maximum atomic E-state index is 12.4. The number of hydrogen-bond acceptors (Lipinski definition) is 8. The molecule has 1 aliphatic rings. The van der Waals surface area contributed by atoms with E-state index in [1.54, 1.807) is 45.0 Å². The van der Waals surface area contributed by atoms with Crippen molar-refractivity contribution in [2.24, 2.45) is 15.1 Å². The van der Waals surface area contributed by atoms with Crippen LogP contribution in [0.15, 0.2) is 74.0 Å². The van der Waals surface area contributed by atoms with Crippen molar-refractivity contribution in [3.8, 4) is 0 Å². The zero-order valence-electron chi connectivity index (χ0n) is 20.5. The van der Waals surface area contributed by atoms with Gasteiger partial charge < -0.3 is 10.1 Å². The third kappa shape index (κ3) is 5.72. The fourth-order valence-electron chi connectivity index (χ4n) is 3.42. The lowest BCUT2D eigenvalue weighted by Gasteiger charge is -2.10. The third-order valence-electron chi connectivity index (χ3n) is 5.46. The van der Waals surface area contributed by atoms with Crippen molar-refractivity contribution in [3.63, 3.8) is 0 Å². The van der Waals surface area contributed by atoms with Gasteiger partial charge in [-0.05, 0) is 76.3 Å². The Morgan fingerprint density at radius 3 is 2.49 bits per heavy atom. The molecule has 0 spiro atoms. The molecular weight excluding hydrogens is 464 g/mol. The van der Waals surface area contributed by atoms with Crippen LogP contribution in [0.2, 0.25) is 0 Å². The highest BCUT2D eigenvalue weighted by atomic mass is 32.2. The maximum absolute atomic E-state index is 12.4. The van der Waals surface area contributed by atoms with Crippen molar-refractivity contribution < 1.29 is 13.2 Å². The van der Waals surface area contributed by atoms with Crippen molar-refractivity contribution >= 4 is 34.0 Å². The molecule has 3 N–H and O–H groups in total. The van der Waals surface area contributed by atoms with Crippen molar-refractivity contribution in [2.45, 2.75) is 44.4 Å². The summed E-state index contributed by atoms with van der Waals surface area (Å²) in [7, 11) is -1.48. The molecule has 0 saturated heterocycles. The molecule has 0 amide bonds. The molecule has 3 rings (SSSR count). The van der Waals surface area contributed by atoms with Crippen LogP contribution in [-0.2, 0) is 21.1 Å². The van der Waals surface area contributed by atoms with Crippen LogP contribution in [0.4, 0.5) is 0 Å². The minimum atomic E-state index is -3.37. The van der Waals surface area contributed by atoms with Crippen molar-refractivity contribution in [2.75, 3.05) is 7.05 Å². The summed E-state index contributed by atoms with van der Waals surface area (Å²) in [5, 5.41) is 15.1. The third-order valence-corrected chi connectivity index (χ3v) is 7.63. The number of aliphatic imine (C=N–C) groups is 2. The summed E-state index contributed by atoms with van der Waals surface area (Å²) in [6.45, 7) is 11.2. The van der Waals surface area contributed by atoms with Crippen LogP contribution in [0, 0.1) is 12.3 Å². The molecule has 9 nitrogen and oxygen atoms in total. The lowest BCUT2D eigenvalue weighted by Crippen LogP contribution is -2.14. The van der Waals surface area contributed by atoms with Gasteiger partial charge in [0, 0.05) is 17.8 Å². The van der Waals surface area contributed by atoms with Crippen LogP contribution in [0.5, 0.6) is 0 Å². The van der Waals surface area contributed by atoms with E-state index in [1.807, 2.05) is 26.1 Å². The van der Waals surface area contributed by atoms with Gasteiger partial charge in [0.25, 0.3) is 0 Å². The SMILES string of the molecule is C=NC(=N)C(N=C(C)c1ccc(S(=O)(=O)C(C)C)cc1)=C1NN=C(c2ccc(CNC)cc2C)O1. The standard InChI is InChI=1S/C25H30N6O3S/c1-15(2)35(32,33)20-10-8-19(9-11-20)17(4)29-22(23(26)28-6)25-31-30-24(34-25)21-12-7-18(14-27-5)13-16(21)3/h7-13,15,26-27,31H,6,14H2,1-5H3. The summed E-state index contributed by atoms with van der Waals surface area (Å²) in [5.74, 6) is 0.330. The highest BCUT2D eigenvalue weighted by molar-refractivity contribution is 7.92. The average molecular weight is 495 g/mol. The van der Waals surface area contributed by atoms with Crippen LogP contribution in [0.3, 0.4) is 0 Å². The summed E-state index contributed by atoms with van der Waals surface area (Å²) in [6, 6.07) is 12.5. The maximum Gasteiger partial charge on any atom is 0.246 e. The molecule has 35 heavy (non-hydrogen) atoms. The number of benzene rings is 2. The average Bonchev–Trinajstić information content (AvgIpc) is 3.31. The first-order chi connectivity index (χ1) is 16.6. The smallest absolute Gasteiger partial charge is 0.246 e. The minimum Gasteiger partial charge on any atom is -0.417 e. The number of rotatable bonds is 8. The van der Waals surface area contributed by atoms with Gasteiger partial charge in [0.05, 0.1) is 10.1 Å². The van der Waals surface area contributed by atoms with E-state index in [-0.39, 0.29) is 22.3 Å². The van der Waals surface area contributed by atoms with E-state index in [0.717, 1.165) is 23.2 Å². The van der Waals surface area contributed by atoms with E-state index in [9.17, 15) is 8.42 Å². The van der Waals surface area contributed by atoms with Crippen LogP contribution in [0.25, 0.3) is 0 Å². The topological polar surface area (TPSA) is 128 Å². The summed E-state index contributed by atoms with van der Waals surface area (Å²) < 4.78 is 30.7. The summed E-state index contributed by atoms with van der Waals surface area (Å²) in [4.78, 5) is 8.49. The Balaban J connectivity index is 1.91. The number of aryl methyl sites for hydroxylation is 1. The van der Waals surface area contributed by atoms with Crippen molar-refractivity contribution in [1.82, 2.24) is 10.7 Å². The van der Waals surface area contributed by atoms with Crippen molar-refractivity contribution in [1.29, 1.82) is 5.41 Å². The Morgan fingerprint density at radius 2 is 1.91 bits per heavy atom. The highest BCUT2D eigenvalue weighted by Gasteiger charge is 2.23. The molecule has 0 aliphatic carbocycles. The monoisotopic (exact) mass is 494 g/mol. The highest BCUT2D eigenvalue weighted by Crippen LogP contribution is 2.22. The van der Waals surface area contributed by atoms with Crippen molar-refractivity contribution in [3.05, 3.63) is 76.3 Å². The molecule has 0 atom stereocenters. The molecule has 2 aromatic carbocycles. The first kappa shape index (κ1) is 26.0. The van der Waals surface area contributed by atoms with Gasteiger partial charge in [-0.25, -0.2) is 23.8 Å². The van der Waals surface area contributed by atoms with E-state index in [0.29, 0.717) is 17.2 Å². The number of hydrazone groups is 1. The predicted octanol–water partition coefficient (Wildman–Crippen LogP) is 3.53. The van der Waals surface area contributed by atoms with E-state index < -0.39 is 15.1 Å². The lowest BCUT2D eigenvalue weighted by molar-refractivity contribution is 0.411. The van der Waals surface area contributed by atoms with Gasteiger partial charge in [-0.3, -0.25) is 5.41 Å². The van der Waals surface area contributed by atoms with Gasteiger partial charge in [0.1, 0.15) is 0 Å². The van der Waals surface area contributed by atoms with Crippen LogP contribution >= 0.6 is 0 Å². The molecule has 2 aromatic rings. The molecule has 0 fully saturated rings. The zero-order chi connectivity index (χ0) is 25.8. The van der Waals surface area contributed by atoms with Gasteiger partial charge in [-0.1, -0.05) is 24.3 Å². The van der Waals surface area contributed by atoms with Crippen LogP contribution in [0.1, 0.15) is 43.0 Å². The summed E-state index contributed by atoms with van der Waals surface area (Å²) >= 11 is 0. The molecule has 0 bridgehead atoms. The number of sulfone groups is 1. The van der Waals surface area contributed by atoms with Gasteiger partial charge in [0.2, 0.25) is 11.8 Å². The number of nitrogens with one attached hydrogen (secondary N) is 3. The molecule has 184 valence electrons. The quantitative estimate of drug-likeness (QED) is 0.382. The largest absolute Gasteiger partial charge is 0.417 e. The molecular formula is C25H30N6O3S. The number of hydrogen-bond donors (Lipinski definition) is 3.